The van der Waals surface area contributed by atoms with E-state index in [9.17, 15) is 9.18 Å². The molecule has 0 saturated carbocycles. The Morgan fingerprint density at radius 1 is 1.06 bits per heavy atom. The first-order valence-corrected chi connectivity index (χ1v) is 10.7. The fourth-order valence-corrected chi connectivity index (χ4v) is 4.01. The van der Waals surface area contributed by atoms with Crippen LogP contribution in [0.5, 0.6) is 5.75 Å². The molecule has 1 aromatic heterocycles. The number of thioether (sulfide) groups is 1. The fourth-order valence-electron chi connectivity index (χ4n) is 3.03. The Bertz CT molecular complexity index is 1170. The minimum Gasteiger partial charge on any atom is -0.497 e. The SMILES string of the molecule is COc1ccc(Cn2nnnc2S[C@H](C(=O)Nc2ccc(F)cc2)c2ccccc2)cc1. The summed E-state index contributed by atoms with van der Waals surface area (Å²) < 4.78 is 20.1. The van der Waals surface area contributed by atoms with E-state index in [-0.39, 0.29) is 11.7 Å². The van der Waals surface area contributed by atoms with Crippen molar-refractivity contribution in [1.82, 2.24) is 20.2 Å². The van der Waals surface area contributed by atoms with Crippen molar-refractivity contribution in [1.29, 1.82) is 0 Å². The summed E-state index contributed by atoms with van der Waals surface area (Å²) in [6.07, 6.45) is 0. The van der Waals surface area contributed by atoms with Gasteiger partial charge >= 0.3 is 0 Å². The van der Waals surface area contributed by atoms with Gasteiger partial charge in [-0.3, -0.25) is 4.79 Å². The molecular formula is C23H20FN5O2S. The van der Waals surface area contributed by atoms with Gasteiger partial charge in [0.25, 0.3) is 0 Å². The molecule has 0 aliphatic rings. The second kappa shape index (κ2) is 10.1. The minimum atomic E-state index is -0.609. The quantitative estimate of drug-likeness (QED) is 0.403. The summed E-state index contributed by atoms with van der Waals surface area (Å²) in [5, 5.41) is 14.7. The Kier molecular flexibility index (Phi) is 6.76. The van der Waals surface area contributed by atoms with Crippen LogP contribution in [0.2, 0.25) is 0 Å². The van der Waals surface area contributed by atoms with Crippen molar-refractivity contribution >= 4 is 23.4 Å². The third-order valence-electron chi connectivity index (χ3n) is 4.67. The smallest absolute Gasteiger partial charge is 0.242 e. The number of nitrogens with one attached hydrogen (secondary N) is 1. The van der Waals surface area contributed by atoms with Gasteiger partial charge in [0.1, 0.15) is 16.8 Å². The molecule has 0 bridgehead atoms. The lowest BCUT2D eigenvalue weighted by molar-refractivity contribution is -0.115. The molecule has 0 aliphatic carbocycles. The largest absolute Gasteiger partial charge is 0.497 e. The molecule has 9 heteroatoms. The molecule has 0 spiro atoms. The number of benzene rings is 3. The molecule has 162 valence electrons. The summed E-state index contributed by atoms with van der Waals surface area (Å²) in [5.41, 5.74) is 2.30. The number of ether oxygens (including phenoxy) is 1. The van der Waals surface area contributed by atoms with Crippen molar-refractivity contribution in [2.75, 3.05) is 12.4 Å². The average molecular weight is 450 g/mol. The highest BCUT2D eigenvalue weighted by atomic mass is 32.2. The summed E-state index contributed by atoms with van der Waals surface area (Å²) in [5.74, 6) is 0.142. The third kappa shape index (κ3) is 5.30. The van der Waals surface area contributed by atoms with Crippen molar-refractivity contribution in [3.05, 3.63) is 95.8 Å². The van der Waals surface area contributed by atoms with Gasteiger partial charge in [0.15, 0.2) is 0 Å². The number of amides is 1. The van der Waals surface area contributed by atoms with Gasteiger partial charge in [-0.1, -0.05) is 54.2 Å². The molecule has 32 heavy (non-hydrogen) atoms. The second-order valence-corrected chi connectivity index (χ2v) is 7.94. The van der Waals surface area contributed by atoms with Gasteiger partial charge in [-0.05, 0) is 58.0 Å². The third-order valence-corrected chi connectivity index (χ3v) is 5.89. The zero-order valence-corrected chi connectivity index (χ0v) is 18.0. The molecular weight excluding hydrogens is 429 g/mol. The molecule has 1 heterocycles. The first kappa shape index (κ1) is 21.5. The number of carbonyl (C=O) groups is 1. The number of anilines is 1. The normalized spacial score (nSPS) is 11.7. The second-order valence-electron chi connectivity index (χ2n) is 6.87. The molecule has 4 aromatic rings. The predicted molar refractivity (Wildman–Crippen MR) is 120 cm³/mol. The van der Waals surface area contributed by atoms with Gasteiger partial charge in [-0.2, -0.15) is 0 Å². The van der Waals surface area contributed by atoms with Crippen molar-refractivity contribution in [2.45, 2.75) is 17.0 Å². The summed E-state index contributed by atoms with van der Waals surface area (Å²) in [4.78, 5) is 13.1. The zero-order chi connectivity index (χ0) is 22.3. The van der Waals surface area contributed by atoms with E-state index in [0.717, 1.165) is 16.9 Å². The van der Waals surface area contributed by atoms with E-state index in [0.29, 0.717) is 17.4 Å². The summed E-state index contributed by atoms with van der Waals surface area (Å²) in [7, 11) is 1.62. The Labute approximate surface area is 188 Å². The first-order chi connectivity index (χ1) is 15.6. The number of hydrogen-bond donors (Lipinski definition) is 1. The number of aromatic nitrogens is 4. The maximum absolute atomic E-state index is 13.2. The van der Waals surface area contributed by atoms with Crippen LogP contribution in [0, 0.1) is 5.82 Å². The van der Waals surface area contributed by atoms with Gasteiger partial charge in [0.05, 0.1) is 13.7 Å². The van der Waals surface area contributed by atoms with Crippen LogP contribution in [0.25, 0.3) is 0 Å². The number of nitrogens with zero attached hydrogens (tertiary/aromatic N) is 4. The highest BCUT2D eigenvalue weighted by Gasteiger charge is 2.25. The van der Waals surface area contributed by atoms with E-state index in [1.54, 1.807) is 11.8 Å². The molecule has 4 rings (SSSR count). The van der Waals surface area contributed by atoms with Gasteiger partial charge in [-0.25, -0.2) is 9.07 Å². The minimum absolute atomic E-state index is 0.258. The van der Waals surface area contributed by atoms with Crippen LogP contribution in [0.1, 0.15) is 16.4 Å². The monoisotopic (exact) mass is 449 g/mol. The van der Waals surface area contributed by atoms with Crippen LogP contribution >= 0.6 is 11.8 Å². The van der Waals surface area contributed by atoms with Gasteiger partial charge < -0.3 is 10.1 Å². The Hall–Kier alpha value is -3.72. The maximum atomic E-state index is 13.2. The van der Waals surface area contributed by atoms with Crippen LogP contribution in [0.4, 0.5) is 10.1 Å². The number of tetrazole rings is 1. The first-order valence-electron chi connectivity index (χ1n) is 9.79. The maximum Gasteiger partial charge on any atom is 0.242 e. The zero-order valence-electron chi connectivity index (χ0n) is 17.2. The molecule has 0 fully saturated rings. The van der Waals surface area contributed by atoms with Crippen LogP contribution in [-0.2, 0) is 11.3 Å². The van der Waals surface area contributed by atoms with Crippen molar-refractivity contribution in [3.63, 3.8) is 0 Å². The molecule has 0 unspecified atom stereocenters. The topological polar surface area (TPSA) is 81.9 Å². The van der Waals surface area contributed by atoms with Crippen LogP contribution in [0.3, 0.4) is 0 Å². The lowest BCUT2D eigenvalue weighted by atomic mass is 10.1. The van der Waals surface area contributed by atoms with E-state index in [1.165, 1.54) is 36.0 Å². The number of hydrogen-bond acceptors (Lipinski definition) is 6. The Morgan fingerprint density at radius 3 is 2.47 bits per heavy atom. The lowest BCUT2D eigenvalue weighted by Gasteiger charge is -2.16. The van der Waals surface area contributed by atoms with Gasteiger partial charge in [-0.15, -0.1) is 5.10 Å². The standard InChI is InChI=1S/C23H20FN5O2S/c1-31-20-13-7-16(8-14-20)15-29-23(26-27-28-29)32-21(17-5-3-2-4-6-17)22(30)25-19-11-9-18(24)10-12-19/h2-14,21H,15H2,1H3,(H,25,30)/t21-/m0/s1. The summed E-state index contributed by atoms with van der Waals surface area (Å²) in [6, 6.07) is 22.6. The number of halogens is 1. The van der Waals surface area contributed by atoms with Gasteiger partial charge in [0, 0.05) is 5.69 Å². The van der Waals surface area contributed by atoms with E-state index in [4.69, 9.17) is 4.74 Å². The molecule has 0 aliphatic heterocycles. The highest BCUT2D eigenvalue weighted by Crippen LogP contribution is 2.35. The van der Waals surface area contributed by atoms with E-state index >= 15 is 0 Å². The van der Waals surface area contributed by atoms with E-state index in [1.807, 2.05) is 54.6 Å². The van der Waals surface area contributed by atoms with Crippen LogP contribution in [-0.4, -0.2) is 33.2 Å². The number of methoxy groups -OCH3 is 1. The van der Waals surface area contributed by atoms with Crippen molar-refractivity contribution in [3.8, 4) is 5.75 Å². The molecule has 1 amide bonds. The van der Waals surface area contributed by atoms with Crippen molar-refractivity contribution < 1.29 is 13.9 Å². The van der Waals surface area contributed by atoms with Gasteiger partial charge in [0.2, 0.25) is 11.1 Å². The van der Waals surface area contributed by atoms with Crippen LogP contribution in [0.15, 0.2) is 84.0 Å². The lowest BCUT2D eigenvalue weighted by Crippen LogP contribution is -2.19. The van der Waals surface area contributed by atoms with Crippen LogP contribution < -0.4 is 10.1 Å². The predicted octanol–water partition coefficient (Wildman–Crippen LogP) is 4.34. The number of carbonyl (C=O) groups excluding carboxylic acids is 1. The van der Waals surface area contributed by atoms with Crippen molar-refractivity contribution in [2.24, 2.45) is 0 Å². The molecule has 0 radical (unpaired) electrons. The average Bonchev–Trinajstić information content (AvgIpc) is 3.26. The molecule has 0 saturated heterocycles. The summed E-state index contributed by atoms with van der Waals surface area (Å²) in [6.45, 7) is 0.445. The molecule has 3 aromatic carbocycles. The molecule has 1 N–H and O–H groups in total. The highest BCUT2D eigenvalue weighted by molar-refractivity contribution is 8.00. The number of rotatable bonds is 8. The van der Waals surface area contributed by atoms with E-state index < -0.39 is 5.25 Å². The molecule has 7 nitrogen and oxygen atoms in total. The molecule has 1 atom stereocenters. The Balaban J connectivity index is 1.56. The van der Waals surface area contributed by atoms with E-state index in [2.05, 4.69) is 20.8 Å². The fraction of sp³-hybridized carbons (Fsp3) is 0.130. The summed E-state index contributed by atoms with van der Waals surface area (Å²) >= 11 is 1.25. The Morgan fingerprint density at radius 2 is 1.78 bits per heavy atom.